The number of hydrogen-bond acceptors (Lipinski definition) is 2. The van der Waals surface area contributed by atoms with E-state index in [-0.39, 0.29) is 5.54 Å². The van der Waals surface area contributed by atoms with E-state index < -0.39 is 0 Å². The third-order valence-corrected chi connectivity index (χ3v) is 4.58. The van der Waals surface area contributed by atoms with Crippen LogP contribution in [-0.2, 0) is 0 Å². The Kier molecular flexibility index (Phi) is 4.10. The van der Waals surface area contributed by atoms with E-state index in [9.17, 15) is 0 Å². The third kappa shape index (κ3) is 2.83. The molecule has 1 aliphatic carbocycles. The van der Waals surface area contributed by atoms with Crippen molar-refractivity contribution in [1.82, 2.24) is 0 Å². The van der Waals surface area contributed by atoms with Crippen LogP contribution < -0.4 is 11.1 Å². The smallest absolute Gasteiger partial charge is 0.0521 e. The summed E-state index contributed by atoms with van der Waals surface area (Å²) in [5.41, 5.74) is 7.30. The summed E-state index contributed by atoms with van der Waals surface area (Å²) in [5, 5.41) is 3.68. The molecule has 3 N–H and O–H groups in total. The van der Waals surface area contributed by atoms with Gasteiger partial charge in [0.15, 0.2) is 0 Å². The van der Waals surface area contributed by atoms with Gasteiger partial charge >= 0.3 is 0 Å². The minimum atomic E-state index is 0.0894. The van der Waals surface area contributed by atoms with E-state index in [0.717, 1.165) is 4.47 Å². The normalized spacial score (nSPS) is 29.0. The van der Waals surface area contributed by atoms with Gasteiger partial charge in [0.2, 0.25) is 0 Å². The summed E-state index contributed by atoms with van der Waals surface area (Å²) in [6.07, 6.45) is 5.08. The van der Waals surface area contributed by atoms with E-state index >= 15 is 0 Å². The van der Waals surface area contributed by atoms with E-state index in [2.05, 4.69) is 52.4 Å². The summed E-state index contributed by atoms with van der Waals surface area (Å²) in [5.74, 6) is 0.643. The van der Waals surface area contributed by atoms with Crippen molar-refractivity contribution in [2.75, 3.05) is 11.9 Å². The largest absolute Gasteiger partial charge is 0.378 e. The van der Waals surface area contributed by atoms with Gasteiger partial charge < -0.3 is 11.1 Å². The van der Waals surface area contributed by atoms with Gasteiger partial charge in [0.05, 0.1) is 5.54 Å². The van der Waals surface area contributed by atoms with E-state index in [1.807, 2.05) is 0 Å². The van der Waals surface area contributed by atoms with Gasteiger partial charge in [-0.25, -0.2) is 0 Å². The highest BCUT2D eigenvalue weighted by Gasteiger charge is 2.36. The van der Waals surface area contributed by atoms with Gasteiger partial charge in [-0.1, -0.05) is 35.7 Å². The highest BCUT2D eigenvalue weighted by atomic mass is 79.9. The molecular formula is C14H21BrN2. The predicted octanol–water partition coefficient (Wildman–Crippen LogP) is 3.77. The van der Waals surface area contributed by atoms with E-state index in [1.54, 1.807) is 0 Å². The SMILES string of the molecule is CC1CCCCC1(CN)Nc1ccc(Br)cc1. The molecule has 3 heteroatoms. The quantitative estimate of drug-likeness (QED) is 0.891. The van der Waals surface area contributed by atoms with Crippen LogP contribution >= 0.6 is 15.9 Å². The average Bonchev–Trinajstić information content (AvgIpc) is 2.35. The number of rotatable bonds is 3. The van der Waals surface area contributed by atoms with Gasteiger partial charge in [0.1, 0.15) is 0 Å². The topological polar surface area (TPSA) is 38.0 Å². The molecule has 2 nitrogen and oxygen atoms in total. The number of anilines is 1. The van der Waals surface area contributed by atoms with Crippen molar-refractivity contribution in [1.29, 1.82) is 0 Å². The molecule has 0 bridgehead atoms. The number of halogens is 1. The van der Waals surface area contributed by atoms with Crippen LogP contribution in [0.3, 0.4) is 0 Å². The predicted molar refractivity (Wildman–Crippen MR) is 77.2 cm³/mol. The van der Waals surface area contributed by atoms with Crippen molar-refractivity contribution in [2.45, 2.75) is 38.1 Å². The zero-order chi connectivity index (χ0) is 12.3. The van der Waals surface area contributed by atoms with Gasteiger partial charge in [0.25, 0.3) is 0 Å². The van der Waals surface area contributed by atoms with Crippen LogP contribution in [-0.4, -0.2) is 12.1 Å². The second-order valence-electron chi connectivity index (χ2n) is 5.14. The molecule has 2 unspecified atom stereocenters. The number of nitrogens with two attached hydrogens (primary N) is 1. The first kappa shape index (κ1) is 12.9. The molecule has 0 aromatic heterocycles. The third-order valence-electron chi connectivity index (χ3n) is 4.06. The minimum Gasteiger partial charge on any atom is -0.378 e. The summed E-state index contributed by atoms with van der Waals surface area (Å²) in [6.45, 7) is 3.03. The monoisotopic (exact) mass is 296 g/mol. The van der Waals surface area contributed by atoms with Crippen LogP contribution in [0.4, 0.5) is 5.69 Å². The second-order valence-corrected chi connectivity index (χ2v) is 6.05. The molecule has 1 aliphatic rings. The Hall–Kier alpha value is -0.540. The van der Waals surface area contributed by atoms with Crippen molar-refractivity contribution >= 4 is 21.6 Å². The maximum absolute atomic E-state index is 6.03. The summed E-state index contributed by atoms with van der Waals surface area (Å²) in [4.78, 5) is 0. The van der Waals surface area contributed by atoms with Gasteiger partial charge in [-0.05, 0) is 43.0 Å². The van der Waals surface area contributed by atoms with E-state index in [1.165, 1.54) is 31.4 Å². The van der Waals surface area contributed by atoms with E-state index in [4.69, 9.17) is 5.73 Å². The molecule has 1 fully saturated rings. The Morgan fingerprint density at radius 2 is 2.06 bits per heavy atom. The zero-order valence-corrected chi connectivity index (χ0v) is 12.0. The van der Waals surface area contributed by atoms with Crippen LogP contribution in [0.15, 0.2) is 28.7 Å². The van der Waals surface area contributed by atoms with Crippen LogP contribution in [0, 0.1) is 5.92 Å². The van der Waals surface area contributed by atoms with Gasteiger partial charge in [-0.3, -0.25) is 0 Å². The lowest BCUT2D eigenvalue weighted by atomic mass is 9.73. The molecule has 0 heterocycles. The van der Waals surface area contributed by atoms with Crippen molar-refractivity contribution in [3.05, 3.63) is 28.7 Å². The molecule has 17 heavy (non-hydrogen) atoms. The van der Waals surface area contributed by atoms with Gasteiger partial charge in [0, 0.05) is 16.7 Å². The molecule has 0 spiro atoms. The molecule has 2 rings (SSSR count). The molecule has 1 aromatic carbocycles. The average molecular weight is 297 g/mol. The molecular weight excluding hydrogens is 276 g/mol. The summed E-state index contributed by atoms with van der Waals surface area (Å²) >= 11 is 3.46. The molecule has 1 saturated carbocycles. The molecule has 2 atom stereocenters. The van der Waals surface area contributed by atoms with Crippen LogP contribution in [0.1, 0.15) is 32.6 Å². The maximum Gasteiger partial charge on any atom is 0.0521 e. The maximum atomic E-state index is 6.03. The van der Waals surface area contributed by atoms with Crippen molar-refractivity contribution in [3.8, 4) is 0 Å². The molecule has 0 radical (unpaired) electrons. The molecule has 0 amide bonds. The highest BCUT2D eigenvalue weighted by molar-refractivity contribution is 9.10. The van der Waals surface area contributed by atoms with Gasteiger partial charge in [-0.15, -0.1) is 0 Å². The number of benzene rings is 1. The Morgan fingerprint density at radius 1 is 1.35 bits per heavy atom. The Morgan fingerprint density at radius 3 is 2.65 bits per heavy atom. The first-order valence-corrected chi connectivity index (χ1v) is 7.19. The van der Waals surface area contributed by atoms with Crippen LogP contribution in [0.25, 0.3) is 0 Å². The fourth-order valence-corrected chi connectivity index (χ4v) is 3.04. The van der Waals surface area contributed by atoms with Crippen LogP contribution in [0.2, 0.25) is 0 Å². The van der Waals surface area contributed by atoms with E-state index in [0.29, 0.717) is 12.5 Å². The first-order valence-electron chi connectivity index (χ1n) is 6.40. The standard InChI is InChI=1S/C14H21BrN2/c1-11-4-2-3-9-14(11,10-16)17-13-7-5-12(15)6-8-13/h5-8,11,17H,2-4,9-10,16H2,1H3. The molecule has 0 saturated heterocycles. The molecule has 94 valence electrons. The van der Waals surface area contributed by atoms with Crippen LogP contribution in [0.5, 0.6) is 0 Å². The van der Waals surface area contributed by atoms with Crippen molar-refractivity contribution < 1.29 is 0 Å². The number of nitrogens with one attached hydrogen (secondary N) is 1. The Bertz CT molecular complexity index is 363. The number of hydrogen-bond donors (Lipinski definition) is 2. The first-order chi connectivity index (χ1) is 8.16. The Balaban J connectivity index is 2.15. The van der Waals surface area contributed by atoms with Crippen molar-refractivity contribution in [3.63, 3.8) is 0 Å². The fourth-order valence-electron chi connectivity index (χ4n) is 2.77. The molecule has 1 aromatic rings. The lowest BCUT2D eigenvalue weighted by Gasteiger charge is -2.43. The minimum absolute atomic E-state index is 0.0894. The highest BCUT2D eigenvalue weighted by Crippen LogP contribution is 2.35. The molecule has 0 aliphatic heterocycles. The summed E-state index contributed by atoms with van der Waals surface area (Å²) < 4.78 is 1.11. The summed E-state index contributed by atoms with van der Waals surface area (Å²) in [6, 6.07) is 8.37. The Labute approximate surface area is 112 Å². The van der Waals surface area contributed by atoms with Gasteiger partial charge in [-0.2, -0.15) is 0 Å². The fraction of sp³-hybridized carbons (Fsp3) is 0.571. The zero-order valence-electron chi connectivity index (χ0n) is 10.4. The lowest BCUT2D eigenvalue weighted by Crippen LogP contribution is -2.52. The van der Waals surface area contributed by atoms with Crippen molar-refractivity contribution in [2.24, 2.45) is 11.7 Å². The lowest BCUT2D eigenvalue weighted by molar-refractivity contribution is 0.235. The second kappa shape index (κ2) is 5.40. The summed E-state index contributed by atoms with van der Waals surface area (Å²) in [7, 11) is 0.